The number of nitrogens with zero attached hydrogens (tertiary/aromatic N) is 1. The van der Waals surface area contributed by atoms with Gasteiger partial charge in [0.1, 0.15) is 5.75 Å². The van der Waals surface area contributed by atoms with E-state index in [0.717, 1.165) is 0 Å². The number of anilines is 1. The first-order valence-electron chi connectivity index (χ1n) is 6.29. The molecule has 0 spiro atoms. The van der Waals surface area contributed by atoms with Crippen molar-refractivity contribution in [1.29, 1.82) is 0 Å². The normalized spacial score (nSPS) is 21.5. The molecule has 1 atom stereocenters. The third-order valence-electron chi connectivity index (χ3n) is 3.42. The lowest BCUT2D eigenvalue weighted by molar-refractivity contribution is 0.0713. The van der Waals surface area contributed by atoms with Gasteiger partial charge in [0.15, 0.2) is 9.84 Å². The van der Waals surface area contributed by atoms with Crippen LogP contribution < -0.4 is 10.5 Å². The molecule has 0 bridgehead atoms. The summed E-state index contributed by atoms with van der Waals surface area (Å²) < 4.78 is 28.1. The van der Waals surface area contributed by atoms with Crippen LogP contribution in [0.25, 0.3) is 0 Å². The topological polar surface area (TPSA) is 89.7 Å². The molecule has 0 aromatic heterocycles. The minimum atomic E-state index is -3.05. The van der Waals surface area contributed by atoms with E-state index in [1.165, 1.54) is 7.11 Å². The number of carbonyl (C=O) groups excluding carboxylic acids is 1. The molecule has 1 aliphatic heterocycles. The fourth-order valence-electron chi connectivity index (χ4n) is 2.32. The number of hydrogen-bond acceptors (Lipinski definition) is 5. The second kappa shape index (κ2) is 5.32. The maximum Gasteiger partial charge on any atom is 0.256 e. The van der Waals surface area contributed by atoms with Gasteiger partial charge in [-0.2, -0.15) is 0 Å². The summed E-state index contributed by atoms with van der Waals surface area (Å²) in [6.07, 6.45) is 0. The van der Waals surface area contributed by atoms with E-state index in [4.69, 9.17) is 10.5 Å². The molecule has 0 aliphatic carbocycles. The summed E-state index contributed by atoms with van der Waals surface area (Å²) >= 11 is 0. The first-order valence-corrected chi connectivity index (χ1v) is 8.11. The molecule has 0 radical (unpaired) electrons. The largest absolute Gasteiger partial charge is 0.497 e. The lowest BCUT2D eigenvalue weighted by Gasteiger charge is -2.33. The van der Waals surface area contributed by atoms with E-state index in [0.29, 0.717) is 17.0 Å². The zero-order chi connectivity index (χ0) is 14.9. The van der Waals surface area contributed by atoms with Crippen molar-refractivity contribution in [1.82, 2.24) is 4.90 Å². The van der Waals surface area contributed by atoms with Crippen LogP contribution >= 0.6 is 0 Å². The van der Waals surface area contributed by atoms with Crippen LogP contribution in [-0.2, 0) is 9.84 Å². The molecule has 2 rings (SSSR count). The van der Waals surface area contributed by atoms with Crippen molar-refractivity contribution >= 4 is 21.4 Å². The maximum atomic E-state index is 12.5. The number of nitrogen functional groups attached to an aromatic ring is 1. The van der Waals surface area contributed by atoms with E-state index in [1.807, 2.05) is 0 Å². The van der Waals surface area contributed by atoms with Gasteiger partial charge in [-0.25, -0.2) is 8.42 Å². The molecule has 20 heavy (non-hydrogen) atoms. The van der Waals surface area contributed by atoms with Crippen molar-refractivity contribution in [3.63, 3.8) is 0 Å². The van der Waals surface area contributed by atoms with Crippen LogP contribution in [0.2, 0.25) is 0 Å². The molecule has 1 fully saturated rings. The van der Waals surface area contributed by atoms with Gasteiger partial charge in [0.05, 0.1) is 24.2 Å². The number of carbonyl (C=O) groups is 1. The van der Waals surface area contributed by atoms with Gasteiger partial charge in [0, 0.05) is 24.3 Å². The highest BCUT2D eigenvalue weighted by molar-refractivity contribution is 7.91. The van der Waals surface area contributed by atoms with Gasteiger partial charge in [-0.1, -0.05) is 0 Å². The number of benzene rings is 1. The van der Waals surface area contributed by atoms with Crippen molar-refractivity contribution in [3.8, 4) is 5.75 Å². The van der Waals surface area contributed by atoms with Gasteiger partial charge >= 0.3 is 0 Å². The van der Waals surface area contributed by atoms with Crippen LogP contribution in [0.4, 0.5) is 5.69 Å². The van der Waals surface area contributed by atoms with Crippen LogP contribution in [0.1, 0.15) is 17.3 Å². The van der Waals surface area contributed by atoms with Gasteiger partial charge in [-0.3, -0.25) is 4.79 Å². The van der Waals surface area contributed by atoms with E-state index in [1.54, 1.807) is 30.0 Å². The molecule has 1 aromatic carbocycles. The Kier molecular flexibility index (Phi) is 3.89. The second-order valence-corrected chi connectivity index (χ2v) is 7.14. The molecule has 6 nitrogen and oxygen atoms in total. The van der Waals surface area contributed by atoms with Crippen LogP contribution in [-0.4, -0.2) is 50.4 Å². The van der Waals surface area contributed by atoms with Crippen molar-refractivity contribution in [3.05, 3.63) is 23.8 Å². The van der Waals surface area contributed by atoms with Crippen LogP contribution in [0.3, 0.4) is 0 Å². The molecule has 110 valence electrons. The zero-order valence-electron chi connectivity index (χ0n) is 11.5. The molecule has 1 heterocycles. The van der Waals surface area contributed by atoms with Gasteiger partial charge in [-0.05, 0) is 19.1 Å². The van der Waals surface area contributed by atoms with Gasteiger partial charge < -0.3 is 15.4 Å². The van der Waals surface area contributed by atoms with Crippen LogP contribution in [0, 0.1) is 0 Å². The smallest absolute Gasteiger partial charge is 0.256 e. The highest BCUT2D eigenvalue weighted by Crippen LogP contribution is 2.23. The average Bonchev–Trinajstić information content (AvgIpc) is 2.36. The predicted octanol–water partition coefficient (Wildman–Crippen LogP) is 0.537. The Bertz CT molecular complexity index is 627. The Morgan fingerprint density at radius 1 is 1.45 bits per heavy atom. The average molecular weight is 298 g/mol. The number of hydrogen-bond donors (Lipinski definition) is 1. The van der Waals surface area contributed by atoms with Crippen molar-refractivity contribution in [2.24, 2.45) is 0 Å². The van der Waals surface area contributed by atoms with Gasteiger partial charge in [0.2, 0.25) is 0 Å². The number of amides is 1. The predicted molar refractivity (Wildman–Crippen MR) is 76.6 cm³/mol. The molecular formula is C13H18N2O4S. The molecule has 1 saturated heterocycles. The molecular weight excluding hydrogens is 280 g/mol. The monoisotopic (exact) mass is 298 g/mol. The summed E-state index contributed by atoms with van der Waals surface area (Å²) in [5.74, 6) is 0.328. The van der Waals surface area contributed by atoms with Gasteiger partial charge in [0.25, 0.3) is 5.91 Å². The minimum absolute atomic E-state index is 0.000854. The summed E-state index contributed by atoms with van der Waals surface area (Å²) in [5, 5.41) is 0. The number of nitrogens with two attached hydrogens (primary N) is 1. The molecule has 1 unspecified atom stereocenters. The summed E-state index contributed by atoms with van der Waals surface area (Å²) in [5.41, 5.74) is 6.56. The molecule has 0 saturated carbocycles. The lowest BCUT2D eigenvalue weighted by atomic mass is 10.1. The van der Waals surface area contributed by atoms with E-state index in [9.17, 15) is 13.2 Å². The third-order valence-corrected chi connectivity index (χ3v) is 5.22. The fourth-order valence-corrected chi connectivity index (χ4v) is 3.87. The lowest BCUT2D eigenvalue weighted by Crippen LogP contribution is -2.49. The van der Waals surface area contributed by atoms with Crippen molar-refractivity contribution in [2.45, 2.75) is 13.0 Å². The number of rotatable bonds is 2. The molecule has 1 aliphatic rings. The minimum Gasteiger partial charge on any atom is -0.497 e. The van der Waals surface area contributed by atoms with Crippen LogP contribution in [0.15, 0.2) is 18.2 Å². The standard InChI is InChI=1S/C13H18N2O4S/c1-9-8-20(17,18)6-5-15(9)13(16)11-4-3-10(19-2)7-12(11)14/h3-4,7,9H,5-6,8,14H2,1-2H3. The highest BCUT2D eigenvalue weighted by Gasteiger charge is 2.32. The van der Waals surface area contributed by atoms with E-state index in [2.05, 4.69) is 0 Å². The maximum absolute atomic E-state index is 12.5. The third kappa shape index (κ3) is 2.87. The second-order valence-electron chi connectivity index (χ2n) is 4.92. The SMILES string of the molecule is COc1ccc(C(=O)N2CCS(=O)(=O)CC2C)c(N)c1. The molecule has 7 heteroatoms. The Balaban J connectivity index is 2.24. The summed E-state index contributed by atoms with van der Waals surface area (Å²) in [4.78, 5) is 14.0. The Morgan fingerprint density at radius 3 is 2.70 bits per heavy atom. The number of ether oxygens (including phenoxy) is 1. The highest BCUT2D eigenvalue weighted by atomic mass is 32.2. The quantitative estimate of drug-likeness (QED) is 0.805. The van der Waals surface area contributed by atoms with Crippen molar-refractivity contribution < 1.29 is 17.9 Å². The van der Waals surface area contributed by atoms with E-state index < -0.39 is 9.84 Å². The Labute approximate surface area is 118 Å². The van der Waals surface area contributed by atoms with E-state index in [-0.39, 0.29) is 30.0 Å². The van der Waals surface area contributed by atoms with Crippen molar-refractivity contribution in [2.75, 3.05) is 30.9 Å². The Morgan fingerprint density at radius 2 is 2.15 bits per heavy atom. The zero-order valence-corrected chi connectivity index (χ0v) is 12.3. The Hall–Kier alpha value is -1.76. The number of sulfone groups is 1. The van der Waals surface area contributed by atoms with Gasteiger partial charge in [-0.15, -0.1) is 0 Å². The van der Waals surface area contributed by atoms with E-state index >= 15 is 0 Å². The molecule has 1 aromatic rings. The first kappa shape index (κ1) is 14.6. The molecule has 2 N–H and O–H groups in total. The number of methoxy groups -OCH3 is 1. The summed E-state index contributed by atoms with van der Waals surface area (Å²) in [6.45, 7) is 1.93. The van der Waals surface area contributed by atoms with Crippen LogP contribution in [0.5, 0.6) is 5.75 Å². The summed E-state index contributed by atoms with van der Waals surface area (Å²) in [6, 6.07) is 4.50. The summed E-state index contributed by atoms with van der Waals surface area (Å²) in [7, 11) is -1.52. The fraction of sp³-hybridized carbons (Fsp3) is 0.462. The first-order chi connectivity index (χ1) is 9.34. The molecule has 1 amide bonds.